The first kappa shape index (κ1) is 17.8. The van der Waals surface area contributed by atoms with E-state index in [4.69, 9.17) is 20.3 Å². The summed E-state index contributed by atoms with van der Waals surface area (Å²) < 4.78 is 10.5. The van der Waals surface area contributed by atoms with Crippen molar-refractivity contribution in [3.8, 4) is 11.5 Å². The quantitative estimate of drug-likeness (QED) is 0.904. The van der Waals surface area contributed by atoms with Gasteiger partial charge in [-0.05, 0) is 31.0 Å². The Kier molecular flexibility index (Phi) is 6.21. The molecule has 0 saturated carbocycles. The summed E-state index contributed by atoms with van der Waals surface area (Å²) in [5, 5.41) is 8.91. The van der Waals surface area contributed by atoms with Gasteiger partial charge in [-0.25, -0.2) is 0 Å². The van der Waals surface area contributed by atoms with Crippen molar-refractivity contribution in [3.05, 3.63) is 59.7 Å². The number of fused-ring (bicyclic) bond motifs is 1. The van der Waals surface area contributed by atoms with Crippen LogP contribution in [-0.2, 0) is 11.2 Å². The number of carbonyl (C=O) groups is 1. The first-order valence-corrected chi connectivity index (χ1v) is 7.85. The molecule has 0 aliphatic carbocycles. The van der Waals surface area contributed by atoms with Crippen LogP contribution in [0.2, 0.25) is 0 Å². The Morgan fingerprint density at radius 2 is 1.96 bits per heavy atom. The van der Waals surface area contributed by atoms with Crippen molar-refractivity contribution in [3.63, 3.8) is 0 Å². The van der Waals surface area contributed by atoms with Crippen LogP contribution in [0.15, 0.2) is 48.5 Å². The Hall–Kier alpha value is -2.53. The highest BCUT2D eigenvalue weighted by Gasteiger charge is 2.27. The zero-order chi connectivity index (χ0) is 17.5. The highest BCUT2D eigenvalue weighted by molar-refractivity contribution is 5.71. The third-order valence-electron chi connectivity index (χ3n) is 3.88. The van der Waals surface area contributed by atoms with Crippen LogP contribution in [0.4, 0.5) is 0 Å². The molecule has 3 N–H and O–H groups in total. The standard InChI is InChI=1S/C11H12O4.C8H11N/c1-14-9-3-2-4-10-8(9)5-7(6-15-10)11(12)13;1-7(9)8-5-3-2-4-6-8/h2-4,7H,5-6H2,1H3,(H,12,13);2-7H,9H2,1H3/t2*7-/m11/s1. The lowest BCUT2D eigenvalue weighted by Gasteiger charge is -2.23. The molecular weight excluding hydrogens is 306 g/mol. The summed E-state index contributed by atoms with van der Waals surface area (Å²) >= 11 is 0. The maximum Gasteiger partial charge on any atom is 0.310 e. The molecule has 0 radical (unpaired) electrons. The van der Waals surface area contributed by atoms with E-state index in [-0.39, 0.29) is 12.6 Å². The van der Waals surface area contributed by atoms with Gasteiger partial charge in [0, 0.05) is 11.6 Å². The van der Waals surface area contributed by atoms with Crippen molar-refractivity contribution in [1.29, 1.82) is 0 Å². The largest absolute Gasteiger partial charge is 0.496 e. The molecule has 2 aromatic carbocycles. The number of nitrogens with two attached hydrogens (primary N) is 1. The summed E-state index contributed by atoms with van der Waals surface area (Å²) in [5.74, 6) is 0.116. The van der Waals surface area contributed by atoms with E-state index in [2.05, 4.69) is 0 Å². The SMILES string of the molecule is COc1cccc2c1C[C@@H](C(=O)O)CO2.C[C@@H](N)c1ccccc1. The number of carboxylic acid groups (broad SMARTS) is 1. The average molecular weight is 329 g/mol. The second-order valence-corrected chi connectivity index (χ2v) is 5.69. The van der Waals surface area contributed by atoms with Gasteiger partial charge in [0.25, 0.3) is 0 Å². The summed E-state index contributed by atoms with van der Waals surface area (Å²) in [6, 6.07) is 15.7. The number of methoxy groups -OCH3 is 1. The molecular formula is C19H23NO4. The third-order valence-corrected chi connectivity index (χ3v) is 3.88. The van der Waals surface area contributed by atoms with Crippen molar-refractivity contribution in [2.45, 2.75) is 19.4 Å². The lowest BCUT2D eigenvalue weighted by molar-refractivity contribution is -0.143. The number of hydrogen-bond acceptors (Lipinski definition) is 4. The average Bonchev–Trinajstić information content (AvgIpc) is 2.62. The number of ether oxygens (including phenoxy) is 2. The molecule has 0 spiro atoms. The molecule has 1 aliphatic heterocycles. The maximum atomic E-state index is 10.8. The first-order chi connectivity index (χ1) is 11.5. The second-order valence-electron chi connectivity index (χ2n) is 5.69. The molecule has 128 valence electrons. The normalized spacial score (nSPS) is 16.7. The molecule has 1 aliphatic rings. The van der Waals surface area contributed by atoms with Crippen LogP contribution in [0.5, 0.6) is 11.5 Å². The van der Waals surface area contributed by atoms with Gasteiger partial charge in [0.05, 0.1) is 13.0 Å². The third kappa shape index (κ3) is 4.49. The number of hydrogen-bond donors (Lipinski definition) is 2. The summed E-state index contributed by atoms with van der Waals surface area (Å²) in [7, 11) is 1.57. The minimum Gasteiger partial charge on any atom is -0.496 e. The predicted molar refractivity (Wildman–Crippen MR) is 92.4 cm³/mol. The summed E-state index contributed by atoms with van der Waals surface area (Å²) in [6.07, 6.45) is 0.467. The Balaban J connectivity index is 0.000000198. The summed E-state index contributed by atoms with van der Waals surface area (Å²) in [5.41, 5.74) is 7.65. The van der Waals surface area contributed by atoms with Crippen LogP contribution in [0, 0.1) is 5.92 Å². The summed E-state index contributed by atoms with van der Waals surface area (Å²) in [4.78, 5) is 10.8. The van der Waals surface area contributed by atoms with Gasteiger partial charge in [0.1, 0.15) is 18.1 Å². The molecule has 5 nitrogen and oxygen atoms in total. The maximum absolute atomic E-state index is 10.8. The molecule has 5 heteroatoms. The van der Waals surface area contributed by atoms with E-state index in [9.17, 15) is 4.79 Å². The van der Waals surface area contributed by atoms with E-state index in [1.807, 2.05) is 55.5 Å². The predicted octanol–water partition coefficient (Wildman–Crippen LogP) is 3.04. The number of benzene rings is 2. The Labute approximate surface area is 142 Å². The van der Waals surface area contributed by atoms with Crippen LogP contribution in [0.1, 0.15) is 24.1 Å². The van der Waals surface area contributed by atoms with Crippen LogP contribution in [0.25, 0.3) is 0 Å². The molecule has 1 heterocycles. The smallest absolute Gasteiger partial charge is 0.310 e. The van der Waals surface area contributed by atoms with E-state index >= 15 is 0 Å². The van der Waals surface area contributed by atoms with Crippen molar-refractivity contribution < 1.29 is 19.4 Å². The lowest BCUT2D eigenvalue weighted by Crippen LogP contribution is -2.28. The fraction of sp³-hybridized carbons (Fsp3) is 0.316. The van der Waals surface area contributed by atoms with Crippen molar-refractivity contribution in [1.82, 2.24) is 0 Å². The molecule has 24 heavy (non-hydrogen) atoms. The first-order valence-electron chi connectivity index (χ1n) is 7.85. The van der Waals surface area contributed by atoms with Crippen molar-refractivity contribution >= 4 is 5.97 Å². The zero-order valence-corrected chi connectivity index (χ0v) is 13.9. The van der Waals surface area contributed by atoms with Crippen LogP contribution in [0.3, 0.4) is 0 Å². The van der Waals surface area contributed by atoms with Crippen LogP contribution in [-0.4, -0.2) is 24.8 Å². The number of aliphatic carboxylic acids is 1. The van der Waals surface area contributed by atoms with Gasteiger partial charge in [-0.3, -0.25) is 4.79 Å². The van der Waals surface area contributed by atoms with E-state index in [1.54, 1.807) is 7.11 Å². The fourth-order valence-electron chi connectivity index (χ4n) is 2.48. The highest BCUT2D eigenvalue weighted by Crippen LogP contribution is 2.34. The van der Waals surface area contributed by atoms with Gasteiger partial charge in [0.15, 0.2) is 0 Å². The lowest BCUT2D eigenvalue weighted by atomic mass is 9.96. The molecule has 0 aromatic heterocycles. The molecule has 2 atom stereocenters. The Morgan fingerprint density at radius 1 is 1.25 bits per heavy atom. The van der Waals surface area contributed by atoms with E-state index in [0.717, 1.165) is 11.3 Å². The topological polar surface area (TPSA) is 81.8 Å². The van der Waals surface area contributed by atoms with Gasteiger partial charge in [-0.2, -0.15) is 0 Å². The van der Waals surface area contributed by atoms with Crippen molar-refractivity contribution in [2.24, 2.45) is 11.7 Å². The molecule has 0 saturated heterocycles. The molecule has 0 fully saturated rings. The number of rotatable bonds is 3. The number of carboxylic acids is 1. The zero-order valence-electron chi connectivity index (χ0n) is 13.9. The molecule has 0 bridgehead atoms. The molecule has 2 aromatic rings. The van der Waals surface area contributed by atoms with Gasteiger partial charge < -0.3 is 20.3 Å². The van der Waals surface area contributed by atoms with Gasteiger partial charge in [-0.15, -0.1) is 0 Å². The highest BCUT2D eigenvalue weighted by atomic mass is 16.5. The monoisotopic (exact) mass is 329 g/mol. The molecule has 3 rings (SSSR count). The minimum atomic E-state index is -0.827. The Morgan fingerprint density at radius 3 is 2.50 bits per heavy atom. The molecule has 0 unspecified atom stereocenters. The van der Waals surface area contributed by atoms with Gasteiger partial charge in [0.2, 0.25) is 0 Å². The molecule has 0 amide bonds. The van der Waals surface area contributed by atoms with Gasteiger partial charge >= 0.3 is 5.97 Å². The minimum absolute atomic E-state index is 0.159. The van der Waals surface area contributed by atoms with E-state index < -0.39 is 11.9 Å². The summed E-state index contributed by atoms with van der Waals surface area (Å²) in [6.45, 7) is 2.21. The second kappa shape index (κ2) is 8.36. The van der Waals surface area contributed by atoms with Crippen LogP contribution >= 0.6 is 0 Å². The van der Waals surface area contributed by atoms with E-state index in [1.165, 1.54) is 5.56 Å². The van der Waals surface area contributed by atoms with Crippen LogP contribution < -0.4 is 15.2 Å². The van der Waals surface area contributed by atoms with E-state index in [0.29, 0.717) is 12.2 Å². The fourth-order valence-corrected chi connectivity index (χ4v) is 2.48. The van der Waals surface area contributed by atoms with Crippen molar-refractivity contribution in [2.75, 3.05) is 13.7 Å². The van der Waals surface area contributed by atoms with Gasteiger partial charge in [-0.1, -0.05) is 36.4 Å². The Bertz CT molecular complexity index is 656.